The molecular formula is C9H19NO5. The first kappa shape index (κ1) is 14.3. The van der Waals surface area contributed by atoms with Gasteiger partial charge in [-0.3, -0.25) is 4.79 Å². The van der Waals surface area contributed by atoms with E-state index < -0.39 is 30.8 Å². The molecule has 0 amide bonds. The topological polar surface area (TPSA) is 110 Å². The fraction of sp³-hybridized carbons (Fsp3) is 0.889. The van der Waals surface area contributed by atoms with Gasteiger partial charge in [-0.2, -0.15) is 0 Å². The van der Waals surface area contributed by atoms with Gasteiger partial charge in [0.2, 0.25) is 0 Å². The van der Waals surface area contributed by atoms with Crippen LogP contribution in [0.3, 0.4) is 0 Å². The zero-order chi connectivity index (χ0) is 12.0. The van der Waals surface area contributed by atoms with Gasteiger partial charge in [0, 0.05) is 6.54 Å². The number of aliphatic hydroxyl groups is 3. The van der Waals surface area contributed by atoms with Crippen molar-refractivity contribution in [3.8, 4) is 0 Å². The summed E-state index contributed by atoms with van der Waals surface area (Å²) in [6, 6.07) is -0.773. The number of rotatable bonds is 7. The van der Waals surface area contributed by atoms with E-state index in [9.17, 15) is 9.90 Å². The maximum Gasteiger partial charge on any atom is 0.320 e. The zero-order valence-electron chi connectivity index (χ0n) is 8.92. The summed E-state index contributed by atoms with van der Waals surface area (Å²) in [5.41, 5.74) is 0. The molecule has 0 aromatic rings. The second-order valence-electron chi connectivity index (χ2n) is 3.79. The van der Waals surface area contributed by atoms with Gasteiger partial charge < -0.3 is 25.7 Å². The number of nitrogens with one attached hydrogen (secondary N) is 1. The molecule has 0 aliphatic carbocycles. The average molecular weight is 221 g/mol. The van der Waals surface area contributed by atoms with Crippen LogP contribution in [0, 0.1) is 5.92 Å². The van der Waals surface area contributed by atoms with Crippen LogP contribution in [0.4, 0.5) is 0 Å². The van der Waals surface area contributed by atoms with Crippen LogP contribution in [0.15, 0.2) is 0 Å². The van der Waals surface area contributed by atoms with E-state index in [1.807, 2.05) is 0 Å². The van der Waals surface area contributed by atoms with Crippen LogP contribution in [0.2, 0.25) is 0 Å². The monoisotopic (exact) mass is 221 g/mol. The maximum absolute atomic E-state index is 10.7. The highest BCUT2D eigenvalue weighted by Gasteiger charge is 2.23. The van der Waals surface area contributed by atoms with Crippen LogP contribution in [-0.2, 0) is 4.79 Å². The summed E-state index contributed by atoms with van der Waals surface area (Å²) in [6.45, 7) is 2.85. The summed E-state index contributed by atoms with van der Waals surface area (Å²) in [6.07, 6.45) is -2.42. The lowest BCUT2D eigenvalue weighted by molar-refractivity contribution is -0.140. The minimum atomic E-state index is -1.25. The number of hydrogen-bond acceptors (Lipinski definition) is 5. The molecule has 5 N–H and O–H groups in total. The van der Waals surface area contributed by atoms with Crippen LogP contribution in [-0.4, -0.2) is 57.8 Å². The van der Waals surface area contributed by atoms with E-state index in [1.54, 1.807) is 13.8 Å². The lowest BCUT2D eigenvalue weighted by atomic mass is 10.0. The van der Waals surface area contributed by atoms with Crippen molar-refractivity contribution in [2.24, 2.45) is 5.92 Å². The molecule has 0 unspecified atom stereocenters. The van der Waals surface area contributed by atoms with E-state index >= 15 is 0 Å². The van der Waals surface area contributed by atoms with Crippen molar-refractivity contribution in [2.45, 2.75) is 32.1 Å². The second kappa shape index (κ2) is 6.73. The highest BCUT2D eigenvalue weighted by Crippen LogP contribution is 2.02. The number of aliphatic hydroxyl groups excluding tert-OH is 3. The molecule has 90 valence electrons. The molecule has 0 aromatic heterocycles. The quantitative estimate of drug-likeness (QED) is 0.354. The summed E-state index contributed by atoms with van der Waals surface area (Å²) >= 11 is 0. The van der Waals surface area contributed by atoms with Crippen molar-refractivity contribution in [3.63, 3.8) is 0 Å². The standard InChI is InChI=1S/C9H19NO5/c1-5(2)8(9(14)15)10-3-6(12)7(13)4-11/h5-8,10-13H,3-4H2,1-2H3,(H,14,15)/t6-,7-,8+/m1/s1. The number of carboxylic acids is 1. The van der Waals surface area contributed by atoms with E-state index in [2.05, 4.69) is 5.32 Å². The lowest BCUT2D eigenvalue weighted by Crippen LogP contribution is -2.47. The van der Waals surface area contributed by atoms with Gasteiger partial charge in [-0.25, -0.2) is 0 Å². The lowest BCUT2D eigenvalue weighted by Gasteiger charge is -2.21. The molecule has 0 fully saturated rings. The third kappa shape index (κ3) is 5.08. The molecule has 3 atom stereocenters. The summed E-state index contributed by atoms with van der Waals surface area (Å²) in [4.78, 5) is 10.7. The third-order valence-corrected chi connectivity index (χ3v) is 2.11. The average Bonchev–Trinajstić information content (AvgIpc) is 2.15. The molecular weight excluding hydrogens is 202 g/mol. The normalized spacial score (nSPS) is 17.5. The fourth-order valence-electron chi connectivity index (χ4n) is 1.11. The largest absolute Gasteiger partial charge is 0.480 e. The Morgan fingerprint density at radius 2 is 1.80 bits per heavy atom. The Hall–Kier alpha value is -0.690. The molecule has 0 saturated carbocycles. The van der Waals surface area contributed by atoms with E-state index in [0.29, 0.717) is 0 Å². The molecule has 0 aliphatic heterocycles. The molecule has 0 heterocycles. The highest BCUT2D eigenvalue weighted by molar-refractivity contribution is 5.73. The van der Waals surface area contributed by atoms with Gasteiger partial charge >= 0.3 is 5.97 Å². The predicted octanol–water partition coefficient (Wildman–Crippen LogP) is -1.60. The van der Waals surface area contributed by atoms with Gasteiger partial charge in [-0.15, -0.1) is 0 Å². The Balaban J connectivity index is 4.05. The van der Waals surface area contributed by atoms with Gasteiger partial charge in [-0.1, -0.05) is 13.8 Å². The first-order chi connectivity index (χ1) is 6.90. The summed E-state index contributed by atoms with van der Waals surface area (Å²) in [5, 5.41) is 38.2. The minimum absolute atomic E-state index is 0.0725. The van der Waals surface area contributed by atoms with E-state index in [0.717, 1.165) is 0 Å². The number of carbonyl (C=O) groups is 1. The summed E-state index contributed by atoms with van der Waals surface area (Å²) in [5.74, 6) is -1.13. The fourth-order valence-corrected chi connectivity index (χ4v) is 1.11. The first-order valence-corrected chi connectivity index (χ1v) is 4.83. The maximum atomic E-state index is 10.7. The Morgan fingerprint density at radius 3 is 2.13 bits per heavy atom. The Kier molecular flexibility index (Phi) is 6.42. The molecule has 0 bridgehead atoms. The molecule has 6 nitrogen and oxygen atoms in total. The Morgan fingerprint density at radius 1 is 1.27 bits per heavy atom. The summed E-state index contributed by atoms with van der Waals surface area (Å²) < 4.78 is 0. The van der Waals surface area contributed by atoms with Gasteiger partial charge in [0.15, 0.2) is 0 Å². The molecule has 0 aromatic carbocycles. The van der Waals surface area contributed by atoms with Gasteiger partial charge in [-0.05, 0) is 5.92 Å². The van der Waals surface area contributed by atoms with E-state index in [4.69, 9.17) is 15.3 Å². The van der Waals surface area contributed by atoms with Crippen LogP contribution in [0.1, 0.15) is 13.8 Å². The van der Waals surface area contributed by atoms with Crippen molar-refractivity contribution in [1.82, 2.24) is 5.32 Å². The van der Waals surface area contributed by atoms with Crippen LogP contribution < -0.4 is 5.32 Å². The molecule has 0 saturated heterocycles. The van der Waals surface area contributed by atoms with Crippen molar-refractivity contribution >= 4 is 5.97 Å². The molecule has 0 aliphatic rings. The van der Waals surface area contributed by atoms with E-state index in [-0.39, 0.29) is 12.5 Å². The Labute approximate surface area is 88.5 Å². The van der Waals surface area contributed by atoms with Crippen molar-refractivity contribution in [1.29, 1.82) is 0 Å². The highest BCUT2D eigenvalue weighted by atomic mass is 16.4. The molecule has 0 rings (SSSR count). The number of hydrogen-bond donors (Lipinski definition) is 5. The van der Waals surface area contributed by atoms with E-state index in [1.165, 1.54) is 0 Å². The molecule has 0 spiro atoms. The number of aliphatic carboxylic acids is 1. The zero-order valence-corrected chi connectivity index (χ0v) is 8.92. The smallest absolute Gasteiger partial charge is 0.320 e. The Bertz CT molecular complexity index is 197. The molecule has 0 radical (unpaired) electrons. The van der Waals surface area contributed by atoms with Gasteiger partial charge in [0.1, 0.15) is 12.1 Å². The SMILES string of the molecule is CC(C)[C@H](NC[C@@H](O)[C@H](O)CO)C(=O)O. The van der Waals surface area contributed by atoms with Crippen molar-refractivity contribution < 1.29 is 25.2 Å². The second-order valence-corrected chi connectivity index (χ2v) is 3.79. The minimum Gasteiger partial charge on any atom is -0.480 e. The first-order valence-electron chi connectivity index (χ1n) is 4.83. The third-order valence-electron chi connectivity index (χ3n) is 2.11. The molecule has 15 heavy (non-hydrogen) atoms. The van der Waals surface area contributed by atoms with Crippen LogP contribution in [0.25, 0.3) is 0 Å². The van der Waals surface area contributed by atoms with Crippen LogP contribution >= 0.6 is 0 Å². The van der Waals surface area contributed by atoms with Crippen molar-refractivity contribution in [3.05, 3.63) is 0 Å². The molecule has 6 heteroatoms. The summed E-state index contributed by atoms with van der Waals surface area (Å²) in [7, 11) is 0. The van der Waals surface area contributed by atoms with Gasteiger partial charge in [0.05, 0.1) is 12.7 Å². The van der Waals surface area contributed by atoms with Crippen LogP contribution in [0.5, 0.6) is 0 Å². The predicted molar refractivity (Wildman–Crippen MR) is 53.4 cm³/mol. The van der Waals surface area contributed by atoms with Gasteiger partial charge in [0.25, 0.3) is 0 Å². The number of carboxylic acid groups (broad SMARTS) is 1. The van der Waals surface area contributed by atoms with Crippen molar-refractivity contribution in [2.75, 3.05) is 13.2 Å².